The maximum atomic E-state index is 13.5. The van der Waals surface area contributed by atoms with Crippen molar-refractivity contribution >= 4 is 23.4 Å². The Labute approximate surface area is 185 Å². The molecule has 2 aliphatic heterocycles. The number of piperidine rings is 1. The van der Waals surface area contributed by atoms with Gasteiger partial charge in [0.25, 0.3) is 11.8 Å². The zero-order valence-corrected chi connectivity index (χ0v) is 17.9. The second kappa shape index (κ2) is 9.08. The molecule has 0 unspecified atom stereocenters. The molecular weight excluding hydrogens is 413 g/mol. The van der Waals surface area contributed by atoms with Crippen LogP contribution in [0.5, 0.6) is 0 Å². The van der Waals surface area contributed by atoms with Crippen LogP contribution >= 0.6 is 0 Å². The summed E-state index contributed by atoms with van der Waals surface area (Å²) >= 11 is 0. The highest BCUT2D eigenvalue weighted by atomic mass is 19.1. The number of imide groups is 1. The molecule has 0 radical (unpaired) electrons. The normalized spacial score (nSPS) is 17.5. The van der Waals surface area contributed by atoms with Crippen LogP contribution in [-0.4, -0.2) is 53.5 Å². The minimum absolute atomic E-state index is 0.00900. The number of carbonyl (C=O) groups is 3. The molecule has 3 amide bonds. The standard InChI is InChI=1S/C24H26FN3O4/c1-15(29)13-26-22(30)17-8-10-27(11-9-17)20-7-3-6-19-21(20)24(32)28(23(19)31)14-16-4-2-5-18(25)12-16/h2-7,12,15,17,29H,8-11,13-14H2,1H3,(H,26,30)/t15-/m1/s1. The van der Waals surface area contributed by atoms with E-state index < -0.39 is 11.9 Å². The van der Waals surface area contributed by atoms with Crippen LogP contribution in [0.15, 0.2) is 42.5 Å². The van der Waals surface area contributed by atoms with Gasteiger partial charge in [0.2, 0.25) is 5.91 Å². The number of carbonyl (C=O) groups excluding carboxylic acids is 3. The van der Waals surface area contributed by atoms with Crippen LogP contribution in [0.3, 0.4) is 0 Å². The number of rotatable bonds is 6. The van der Waals surface area contributed by atoms with E-state index in [0.717, 1.165) is 4.90 Å². The fourth-order valence-electron chi connectivity index (χ4n) is 4.32. The minimum atomic E-state index is -0.593. The Morgan fingerprint density at radius 1 is 1.16 bits per heavy atom. The summed E-state index contributed by atoms with van der Waals surface area (Å²) in [6, 6.07) is 11.1. The molecule has 8 heteroatoms. The highest BCUT2D eigenvalue weighted by Gasteiger charge is 2.39. The van der Waals surface area contributed by atoms with E-state index in [9.17, 15) is 23.9 Å². The van der Waals surface area contributed by atoms with Crippen LogP contribution in [-0.2, 0) is 11.3 Å². The van der Waals surface area contributed by atoms with E-state index in [1.165, 1.54) is 12.1 Å². The summed E-state index contributed by atoms with van der Waals surface area (Å²) in [5.41, 5.74) is 1.95. The quantitative estimate of drug-likeness (QED) is 0.675. The SMILES string of the molecule is C[C@@H](O)CNC(=O)C1CCN(c2cccc3c2C(=O)N(Cc2cccc(F)c2)C3=O)CC1. The van der Waals surface area contributed by atoms with Gasteiger partial charge in [-0.05, 0) is 49.6 Å². The Bertz CT molecular complexity index is 1050. The van der Waals surface area contributed by atoms with Crippen molar-refractivity contribution in [3.05, 3.63) is 65.0 Å². The summed E-state index contributed by atoms with van der Waals surface area (Å²) in [5.74, 6) is -1.41. The first-order valence-corrected chi connectivity index (χ1v) is 10.8. The van der Waals surface area contributed by atoms with E-state index in [2.05, 4.69) is 5.32 Å². The van der Waals surface area contributed by atoms with Crippen molar-refractivity contribution in [1.82, 2.24) is 10.2 Å². The molecule has 2 aromatic carbocycles. The molecule has 2 aliphatic rings. The summed E-state index contributed by atoms with van der Waals surface area (Å²) in [4.78, 5) is 41.6. The van der Waals surface area contributed by atoms with Gasteiger partial charge in [-0.3, -0.25) is 19.3 Å². The number of amides is 3. The third kappa shape index (κ3) is 4.36. The summed E-state index contributed by atoms with van der Waals surface area (Å²) in [7, 11) is 0. The molecule has 2 heterocycles. The highest BCUT2D eigenvalue weighted by molar-refractivity contribution is 6.23. The van der Waals surface area contributed by atoms with Crippen LogP contribution in [0, 0.1) is 11.7 Å². The lowest BCUT2D eigenvalue weighted by atomic mass is 9.94. The first-order valence-electron chi connectivity index (χ1n) is 10.8. The number of nitrogens with zero attached hydrogens (tertiary/aromatic N) is 2. The Morgan fingerprint density at radius 2 is 1.88 bits per heavy atom. The van der Waals surface area contributed by atoms with E-state index in [4.69, 9.17) is 0 Å². The zero-order chi connectivity index (χ0) is 22.8. The highest BCUT2D eigenvalue weighted by Crippen LogP contribution is 2.34. The molecule has 0 saturated carbocycles. The fraction of sp³-hybridized carbons (Fsp3) is 0.375. The third-order valence-electron chi connectivity index (χ3n) is 5.98. The van der Waals surface area contributed by atoms with Gasteiger partial charge in [0.1, 0.15) is 5.82 Å². The molecule has 0 spiro atoms. The van der Waals surface area contributed by atoms with Crippen molar-refractivity contribution in [1.29, 1.82) is 0 Å². The molecule has 0 bridgehead atoms. The monoisotopic (exact) mass is 439 g/mol. The van der Waals surface area contributed by atoms with Gasteiger partial charge in [0.05, 0.1) is 29.5 Å². The van der Waals surface area contributed by atoms with Gasteiger partial charge >= 0.3 is 0 Å². The largest absolute Gasteiger partial charge is 0.392 e. The second-order valence-corrected chi connectivity index (χ2v) is 8.38. The van der Waals surface area contributed by atoms with Gasteiger partial charge in [0.15, 0.2) is 0 Å². The van der Waals surface area contributed by atoms with Crippen molar-refractivity contribution in [2.45, 2.75) is 32.4 Å². The maximum Gasteiger partial charge on any atom is 0.263 e. The summed E-state index contributed by atoms with van der Waals surface area (Å²) in [6.45, 7) is 3.01. The van der Waals surface area contributed by atoms with E-state index in [0.29, 0.717) is 48.3 Å². The van der Waals surface area contributed by atoms with Crippen LogP contribution < -0.4 is 10.2 Å². The van der Waals surface area contributed by atoms with E-state index in [1.54, 1.807) is 31.2 Å². The number of halogens is 1. The molecule has 0 aromatic heterocycles. The maximum absolute atomic E-state index is 13.5. The molecular formula is C24H26FN3O4. The predicted molar refractivity (Wildman–Crippen MR) is 117 cm³/mol. The van der Waals surface area contributed by atoms with Crippen molar-refractivity contribution in [3.63, 3.8) is 0 Å². The van der Waals surface area contributed by atoms with Crippen LogP contribution in [0.1, 0.15) is 46.0 Å². The van der Waals surface area contributed by atoms with Crippen LogP contribution in [0.25, 0.3) is 0 Å². The number of hydrogen-bond donors (Lipinski definition) is 2. The minimum Gasteiger partial charge on any atom is -0.392 e. The average molecular weight is 439 g/mol. The van der Waals surface area contributed by atoms with Crippen molar-refractivity contribution < 1.29 is 23.9 Å². The molecule has 1 saturated heterocycles. The number of hydrogen-bond acceptors (Lipinski definition) is 5. The summed E-state index contributed by atoms with van der Waals surface area (Å²) in [6.07, 6.45) is 0.638. The number of benzene rings is 2. The van der Waals surface area contributed by atoms with Crippen LogP contribution in [0.2, 0.25) is 0 Å². The lowest BCUT2D eigenvalue weighted by Gasteiger charge is -2.34. The molecule has 7 nitrogen and oxygen atoms in total. The lowest BCUT2D eigenvalue weighted by Crippen LogP contribution is -2.42. The molecule has 2 N–H and O–H groups in total. The summed E-state index contributed by atoms with van der Waals surface area (Å²) in [5, 5.41) is 12.1. The van der Waals surface area contributed by atoms with E-state index >= 15 is 0 Å². The van der Waals surface area contributed by atoms with Gasteiger partial charge < -0.3 is 15.3 Å². The van der Waals surface area contributed by atoms with Gasteiger partial charge in [-0.1, -0.05) is 18.2 Å². The molecule has 32 heavy (non-hydrogen) atoms. The number of nitrogens with one attached hydrogen (secondary N) is 1. The first kappa shape index (κ1) is 22.0. The molecule has 168 valence electrons. The van der Waals surface area contributed by atoms with Crippen molar-refractivity contribution in [2.75, 3.05) is 24.5 Å². The Morgan fingerprint density at radius 3 is 2.56 bits per heavy atom. The second-order valence-electron chi connectivity index (χ2n) is 8.38. The number of anilines is 1. The zero-order valence-electron chi connectivity index (χ0n) is 17.9. The Balaban J connectivity index is 1.48. The lowest BCUT2D eigenvalue weighted by molar-refractivity contribution is -0.126. The molecule has 2 aromatic rings. The van der Waals surface area contributed by atoms with E-state index in [1.807, 2.05) is 11.0 Å². The summed E-state index contributed by atoms with van der Waals surface area (Å²) < 4.78 is 13.5. The predicted octanol–water partition coefficient (Wildman–Crippen LogP) is 2.34. The molecule has 1 atom stereocenters. The van der Waals surface area contributed by atoms with Gasteiger partial charge in [0, 0.05) is 25.6 Å². The number of aliphatic hydroxyl groups is 1. The molecule has 1 fully saturated rings. The van der Waals surface area contributed by atoms with Gasteiger partial charge in [-0.15, -0.1) is 0 Å². The van der Waals surface area contributed by atoms with Crippen molar-refractivity contribution in [2.24, 2.45) is 5.92 Å². The number of aliphatic hydroxyl groups excluding tert-OH is 1. The topological polar surface area (TPSA) is 89.9 Å². The smallest absolute Gasteiger partial charge is 0.263 e. The first-order chi connectivity index (χ1) is 15.3. The van der Waals surface area contributed by atoms with Crippen LogP contribution in [0.4, 0.5) is 10.1 Å². The average Bonchev–Trinajstić information content (AvgIpc) is 3.02. The number of fused-ring (bicyclic) bond motifs is 1. The van der Waals surface area contributed by atoms with E-state index in [-0.39, 0.29) is 36.7 Å². The van der Waals surface area contributed by atoms with Gasteiger partial charge in [-0.2, -0.15) is 0 Å². The van der Waals surface area contributed by atoms with Crippen molar-refractivity contribution in [3.8, 4) is 0 Å². The molecule has 4 rings (SSSR count). The third-order valence-corrected chi connectivity index (χ3v) is 5.98. The fourth-order valence-corrected chi connectivity index (χ4v) is 4.32. The Kier molecular flexibility index (Phi) is 6.23. The Hall–Kier alpha value is -3.26. The van der Waals surface area contributed by atoms with Gasteiger partial charge in [-0.25, -0.2) is 4.39 Å². The molecule has 0 aliphatic carbocycles.